The molecule has 0 heterocycles. The SMILES string of the molecule is CC(C)CC(NC(=O)Cc1ccc(N/C(=C\[N+](=O)[O-])Nc2ccc(Cl)cc2)cc1)C(=O)NC(CCCCC(NC(=O)CC(C)(C)C)C(=O)O)C(=O)O. The van der Waals surface area contributed by atoms with Crippen LogP contribution in [0.15, 0.2) is 60.6 Å². The van der Waals surface area contributed by atoms with Crippen molar-refractivity contribution in [1.29, 1.82) is 0 Å². The molecule has 7 N–H and O–H groups in total. The van der Waals surface area contributed by atoms with E-state index in [4.69, 9.17) is 11.6 Å². The van der Waals surface area contributed by atoms with Crippen molar-refractivity contribution in [3.05, 3.63) is 81.3 Å². The largest absolute Gasteiger partial charge is 0.480 e. The summed E-state index contributed by atoms with van der Waals surface area (Å²) in [5.74, 6) is -3.91. The molecule has 15 nitrogen and oxygen atoms in total. The minimum atomic E-state index is -1.28. The van der Waals surface area contributed by atoms with Gasteiger partial charge in [0.25, 0.3) is 6.20 Å². The first-order chi connectivity index (χ1) is 24.3. The van der Waals surface area contributed by atoms with Gasteiger partial charge in [-0.05, 0) is 72.6 Å². The van der Waals surface area contributed by atoms with E-state index in [1.807, 2.05) is 34.6 Å². The van der Waals surface area contributed by atoms with Crippen LogP contribution in [0.1, 0.15) is 78.7 Å². The van der Waals surface area contributed by atoms with E-state index in [0.29, 0.717) is 28.4 Å². The zero-order valence-electron chi connectivity index (χ0n) is 30.0. The Hall–Kier alpha value is -5.18. The van der Waals surface area contributed by atoms with E-state index < -0.39 is 46.8 Å². The second-order valence-electron chi connectivity index (χ2n) is 14.1. The normalized spacial score (nSPS) is 13.3. The van der Waals surface area contributed by atoms with Crippen molar-refractivity contribution in [2.75, 3.05) is 10.6 Å². The summed E-state index contributed by atoms with van der Waals surface area (Å²) in [5, 5.41) is 44.5. The molecular weight excluding hydrogens is 696 g/mol. The predicted octanol–water partition coefficient (Wildman–Crippen LogP) is 5.15. The number of anilines is 2. The quantitative estimate of drug-likeness (QED) is 0.0502. The molecule has 0 bridgehead atoms. The van der Waals surface area contributed by atoms with Crippen molar-refractivity contribution < 1.29 is 39.1 Å². The number of hydrogen-bond acceptors (Lipinski definition) is 9. The predicted molar refractivity (Wildman–Crippen MR) is 197 cm³/mol. The van der Waals surface area contributed by atoms with Gasteiger partial charge in [-0.15, -0.1) is 0 Å². The van der Waals surface area contributed by atoms with Gasteiger partial charge in [-0.2, -0.15) is 0 Å². The van der Waals surface area contributed by atoms with Crippen molar-refractivity contribution in [3.8, 4) is 0 Å². The molecule has 0 fully saturated rings. The first-order valence-electron chi connectivity index (χ1n) is 16.9. The smallest absolute Gasteiger partial charge is 0.326 e. The Morgan fingerprint density at radius 2 is 1.27 bits per heavy atom. The Morgan fingerprint density at radius 3 is 1.73 bits per heavy atom. The lowest BCUT2D eigenvalue weighted by Crippen LogP contribution is -2.52. The summed E-state index contributed by atoms with van der Waals surface area (Å²) in [6.45, 7) is 9.30. The summed E-state index contributed by atoms with van der Waals surface area (Å²) in [7, 11) is 0. The minimum Gasteiger partial charge on any atom is -0.480 e. The molecule has 52 heavy (non-hydrogen) atoms. The van der Waals surface area contributed by atoms with Crippen LogP contribution in [-0.2, 0) is 30.4 Å². The third kappa shape index (κ3) is 17.2. The van der Waals surface area contributed by atoms with Crippen molar-refractivity contribution in [2.24, 2.45) is 11.3 Å². The number of carbonyl (C=O) groups is 5. The van der Waals surface area contributed by atoms with Crippen LogP contribution >= 0.6 is 11.6 Å². The number of nitrogens with one attached hydrogen (secondary N) is 5. The maximum Gasteiger partial charge on any atom is 0.326 e. The number of carbonyl (C=O) groups excluding carboxylic acids is 3. The number of amides is 3. The molecule has 0 aliphatic heterocycles. The van der Waals surface area contributed by atoms with Crippen LogP contribution in [0.25, 0.3) is 0 Å². The third-order valence-corrected chi connectivity index (χ3v) is 7.74. The first-order valence-corrected chi connectivity index (χ1v) is 17.3. The number of unbranched alkanes of at least 4 members (excludes halogenated alkanes) is 1. The second-order valence-corrected chi connectivity index (χ2v) is 14.5. The van der Waals surface area contributed by atoms with Gasteiger partial charge >= 0.3 is 11.9 Å². The average molecular weight is 745 g/mol. The molecule has 0 aliphatic carbocycles. The monoisotopic (exact) mass is 744 g/mol. The lowest BCUT2D eigenvalue weighted by Gasteiger charge is -2.23. The number of nitrogens with zero attached hydrogens (tertiary/aromatic N) is 1. The number of halogens is 1. The summed E-state index contributed by atoms with van der Waals surface area (Å²) in [6, 6.07) is 9.74. The van der Waals surface area contributed by atoms with E-state index in [1.54, 1.807) is 48.5 Å². The van der Waals surface area contributed by atoms with Crippen molar-refractivity contribution in [2.45, 2.75) is 97.7 Å². The fraction of sp³-hybridized carbons (Fsp3) is 0.472. The van der Waals surface area contributed by atoms with Crippen LogP contribution in [0.3, 0.4) is 0 Å². The molecule has 3 unspecified atom stereocenters. The number of rotatable bonds is 21. The molecule has 2 aromatic rings. The van der Waals surface area contributed by atoms with Gasteiger partial charge in [0.1, 0.15) is 18.1 Å². The highest BCUT2D eigenvalue weighted by Gasteiger charge is 2.28. The molecule has 0 radical (unpaired) electrons. The topological polar surface area (TPSA) is 229 Å². The second kappa shape index (κ2) is 20.6. The van der Waals surface area contributed by atoms with Gasteiger partial charge in [0.15, 0.2) is 5.82 Å². The number of hydrogen-bond donors (Lipinski definition) is 7. The number of carboxylic acids is 2. The van der Waals surface area contributed by atoms with Crippen LogP contribution < -0.4 is 26.6 Å². The molecule has 284 valence electrons. The lowest BCUT2D eigenvalue weighted by molar-refractivity contribution is -0.403. The molecule has 0 aromatic heterocycles. The lowest BCUT2D eigenvalue weighted by atomic mass is 9.91. The summed E-state index contributed by atoms with van der Waals surface area (Å²) in [5.41, 5.74) is 1.34. The molecule has 0 saturated heterocycles. The first kappa shape index (κ1) is 43.0. The van der Waals surface area contributed by atoms with Gasteiger partial charge in [-0.3, -0.25) is 24.5 Å². The van der Waals surface area contributed by atoms with Crippen LogP contribution in [0.2, 0.25) is 5.02 Å². The third-order valence-electron chi connectivity index (χ3n) is 7.49. The Bertz CT molecular complexity index is 1570. The zero-order valence-corrected chi connectivity index (χ0v) is 30.8. The van der Waals surface area contributed by atoms with Crippen molar-refractivity contribution in [3.63, 3.8) is 0 Å². The molecule has 0 saturated carbocycles. The number of nitro groups is 1. The maximum absolute atomic E-state index is 13.2. The van der Waals surface area contributed by atoms with E-state index in [1.165, 1.54) is 0 Å². The van der Waals surface area contributed by atoms with Gasteiger partial charge in [-0.1, -0.05) is 71.2 Å². The highest BCUT2D eigenvalue weighted by Crippen LogP contribution is 2.20. The molecule has 2 rings (SSSR count). The summed E-state index contributed by atoms with van der Waals surface area (Å²) < 4.78 is 0. The van der Waals surface area contributed by atoms with Gasteiger partial charge in [0.05, 0.1) is 11.3 Å². The van der Waals surface area contributed by atoms with Crippen LogP contribution in [0, 0.1) is 21.4 Å². The fourth-order valence-electron chi connectivity index (χ4n) is 5.10. The maximum atomic E-state index is 13.2. The van der Waals surface area contributed by atoms with Crippen molar-refractivity contribution in [1.82, 2.24) is 16.0 Å². The van der Waals surface area contributed by atoms with Gasteiger partial charge in [-0.25, -0.2) is 9.59 Å². The average Bonchev–Trinajstić information content (AvgIpc) is 3.01. The summed E-state index contributed by atoms with van der Waals surface area (Å²) in [6.07, 6.45) is 1.73. The molecule has 0 spiro atoms. The Balaban J connectivity index is 1.97. The fourth-order valence-corrected chi connectivity index (χ4v) is 5.22. The molecule has 0 aliphatic rings. The molecular formula is C36H49ClN6O9. The van der Waals surface area contributed by atoms with E-state index in [9.17, 15) is 44.3 Å². The standard InChI is InChI=1S/C36H49ClN6O9/c1-22(2)18-29(33(46)42-28(35(49)50)9-7-6-8-27(34(47)48)40-32(45)20-36(3,4)5)41-31(44)19-23-10-14-25(15-11-23)38-30(21-43(51)52)39-26-16-12-24(37)13-17-26/h10-17,21-22,27-29,38-39H,6-9,18-20H2,1-5H3,(H,40,45)(H,41,44)(H,42,46)(H,47,48)(H,49,50)/b30-21+. The number of aliphatic carboxylic acids is 2. The minimum absolute atomic E-state index is 0.0138. The summed E-state index contributed by atoms with van der Waals surface area (Å²) >= 11 is 5.91. The molecule has 3 atom stereocenters. The van der Waals surface area contributed by atoms with E-state index in [-0.39, 0.29) is 61.6 Å². The van der Waals surface area contributed by atoms with E-state index in [2.05, 4.69) is 26.6 Å². The number of benzene rings is 2. The Labute approximate surface area is 308 Å². The van der Waals surface area contributed by atoms with Crippen LogP contribution in [0.4, 0.5) is 11.4 Å². The Morgan fingerprint density at radius 1 is 0.788 bits per heavy atom. The van der Waals surface area contributed by atoms with E-state index in [0.717, 1.165) is 6.20 Å². The zero-order chi connectivity index (χ0) is 39.0. The molecule has 3 amide bonds. The van der Waals surface area contributed by atoms with E-state index >= 15 is 0 Å². The summed E-state index contributed by atoms with van der Waals surface area (Å²) in [4.78, 5) is 72.7. The Kier molecular flexibility index (Phi) is 17.0. The van der Waals surface area contributed by atoms with Crippen molar-refractivity contribution >= 4 is 52.6 Å². The highest BCUT2D eigenvalue weighted by atomic mass is 35.5. The van der Waals surface area contributed by atoms with Gasteiger partial charge in [0, 0.05) is 22.8 Å². The number of carboxylic acid groups (broad SMARTS) is 2. The molecule has 2 aromatic carbocycles. The van der Waals surface area contributed by atoms with Crippen LogP contribution in [-0.4, -0.2) is 62.9 Å². The van der Waals surface area contributed by atoms with Gasteiger partial charge in [0.2, 0.25) is 17.7 Å². The molecule has 16 heteroatoms. The van der Waals surface area contributed by atoms with Gasteiger partial charge < -0.3 is 36.8 Å². The van der Waals surface area contributed by atoms with Crippen LogP contribution in [0.5, 0.6) is 0 Å². The highest BCUT2D eigenvalue weighted by molar-refractivity contribution is 6.30.